The second-order valence-electron chi connectivity index (χ2n) is 5.88. The molecule has 6 heteroatoms. The topological polar surface area (TPSA) is 49.6 Å². The molecule has 0 spiro atoms. The van der Waals surface area contributed by atoms with E-state index in [1.807, 2.05) is 6.92 Å². The van der Waals surface area contributed by atoms with Gasteiger partial charge in [0.1, 0.15) is 0 Å². The Morgan fingerprint density at radius 3 is 2.50 bits per heavy atom. The number of likely N-dealkylation sites (N-methyl/N-ethyl adjacent to an activating group) is 1. The monoisotopic (exact) mass is 325 g/mol. The van der Waals surface area contributed by atoms with E-state index in [1.54, 1.807) is 0 Å². The molecule has 120 valence electrons. The van der Waals surface area contributed by atoms with Gasteiger partial charge < -0.3 is 15.5 Å². The zero-order chi connectivity index (χ0) is 13.1. The predicted molar refractivity (Wildman–Crippen MR) is 87.8 cm³/mol. The number of nitrogens with two attached hydrogens (primary N) is 1. The summed E-state index contributed by atoms with van der Waals surface area (Å²) in [6, 6.07) is 1.08. The summed E-state index contributed by atoms with van der Waals surface area (Å²) in [6.07, 6.45) is 4.97. The largest absolute Gasteiger partial charge is 0.335 e. The fraction of sp³-hybridized carbons (Fsp3) is 0.929. The quantitative estimate of drug-likeness (QED) is 0.860. The van der Waals surface area contributed by atoms with Crippen LogP contribution in [0.1, 0.15) is 46.0 Å². The lowest BCUT2D eigenvalue weighted by Crippen LogP contribution is -2.43. The molecule has 2 saturated heterocycles. The van der Waals surface area contributed by atoms with Crippen molar-refractivity contribution in [1.82, 2.24) is 9.80 Å². The highest BCUT2D eigenvalue weighted by molar-refractivity contribution is 5.85. The van der Waals surface area contributed by atoms with Crippen molar-refractivity contribution < 1.29 is 4.79 Å². The number of halogens is 2. The van der Waals surface area contributed by atoms with Gasteiger partial charge in [0.25, 0.3) is 0 Å². The molecular weight excluding hydrogens is 297 g/mol. The van der Waals surface area contributed by atoms with Crippen LogP contribution in [-0.4, -0.2) is 53.5 Å². The van der Waals surface area contributed by atoms with Crippen LogP contribution in [0.15, 0.2) is 0 Å². The lowest BCUT2D eigenvalue weighted by molar-refractivity contribution is -0.134. The molecule has 0 aromatic heterocycles. The molecule has 0 aromatic rings. The minimum Gasteiger partial charge on any atom is -0.335 e. The number of carbonyl (C=O) groups is 1. The molecule has 2 aliphatic heterocycles. The van der Waals surface area contributed by atoms with Crippen LogP contribution < -0.4 is 5.73 Å². The third-order valence-corrected chi connectivity index (χ3v) is 4.42. The van der Waals surface area contributed by atoms with Crippen LogP contribution in [0.5, 0.6) is 0 Å². The zero-order valence-corrected chi connectivity index (χ0v) is 14.2. The van der Waals surface area contributed by atoms with Crippen molar-refractivity contribution in [2.24, 2.45) is 5.73 Å². The highest BCUT2D eigenvalue weighted by Crippen LogP contribution is 2.30. The summed E-state index contributed by atoms with van der Waals surface area (Å²) < 4.78 is 0. The van der Waals surface area contributed by atoms with Crippen LogP contribution in [0, 0.1) is 0 Å². The van der Waals surface area contributed by atoms with E-state index in [0.717, 1.165) is 32.5 Å². The molecule has 2 N–H and O–H groups in total. The van der Waals surface area contributed by atoms with E-state index < -0.39 is 0 Å². The molecule has 1 amide bonds. The SMILES string of the molecule is CCN1CCC2CCC(C1)N2C(=O)CCC(C)N.Cl.Cl. The maximum atomic E-state index is 12.4. The highest BCUT2D eigenvalue weighted by Gasteiger charge is 2.39. The standard InChI is InChI=1S/C14H27N3O.2ClH/c1-3-16-9-8-12-5-6-13(10-16)17(12)14(18)7-4-11(2)15;;/h11-13H,3-10,15H2,1-2H3;2*1H. The van der Waals surface area contributed by atoms with Crippen LogP contribution in [0.2, 0.25) is 0 Å². The summed E-state index contributed by atoms with van der Waals surface area (Å²) in [5, 5.41) is 0. The molecule has 0 aromatic carbocycles. The minimum absolute atomic E-state index is 0. The number of hydrogen-bond donors (Lipinski definition) is 1. The van der Waals surface area contributed by atoms with Gasteiger partial charge in [-0.1, -0.05) is 6.92 Å². The van der Waals surface area contributed by atoms with E-state index in [2.05, 4.69) is 16.7 Å². The first-order valence-corrected chi connectivity index (χ1v) is 7.41. The Morgan fingerprint density at radius 2 is 1.90 bits per heavy atom. The third-order valence-electron chi connectivity index (χ3n) is 4.42. The Hall–Kier alpha value is -0.0300. The molecule has 2 fully saturated rings. The molecule has 4 nitrogen and oxygen atoms in total. The van der Waals surface area contributed by atoms with Crippen LogP contribution >= 0.6 is 24.8 Å². The fourth-order valence-electron chi connectivity index (χ4n) is 3.32. The fourth-order valence-corrected chi connectivity index (χ4v) is 3.32. The normalized spacial score (nSPS) is 27.2. The van der Waals surface area contributed by atoms with Gasteiger partial charge in [0.05, 0.1) is 0 Å². The van der Waals surface area contributed by atoms with Crippen molar-refractivity contribution in [2.45, 2.75) is 64.1 Å². The first kappa shape index (κ1) is 20.0. The van der Waals surface area contributed by atoms with Gasteiger partial charge in [-0.25, -0.2) is 0 Å². The van der Waals surface area contributed by atoms with Gasteiger partial charge in [0.2, 0.25) is 5.91 Å². The van der Waals surface area contributed by atoms with Crippen LogP contribution in [0.4, 0.5) is 0 Å². The van der Waals surface area contributed by atoms with Gasteiger partial charge in [-0.05, 0) is 39.2 Å². The first-order valence-electron chi connectivity index (χ1n) is 7.41. The van der Waals surface area contributed by atoms with E-state index in [0.29, 0.717) is 24.4 Å². The number of amides is 1. The van der Waals surface area contributed by atoms with Gasteiger partial charge in [0, 0.05) is 37.6 Å². The summed E-state index contributed by atoms with van der Waals surface area (Å²) in [7, 11) is 0. The zero-order valence-electron chi connectivity index (χ0n) is 12.6. The van der Waals surface area contributed by atoms with Crippen molar-refractivity contribution in [3.05, 3.63) is 0 Å². The maximum absolute atomic E-state index is 12.4. The smallest absolute Gasteiger partial charge is 0.223 e. The van der Waals surface area contributed by atoms with Crippen molar-refractivity contribution >= 4 is 30.7 Å². The van der Waals surface area contributed by atoms with Gasteiger partial charge in [-0.3, -0.25) is 4.79 Å². The first-order chi connectivity index (χ1) is 8.61. The minimum atomic E-state index is 0. The number of likely N-dealkylation sites (tertiary alicyclic amines) is 1. The summed E-state index contributed by atoms with van der Waals surface area (Å²) in [5.74, 6) is 0.331. The van der Waals surface area contributed by atoms with Crippen LogP contribution in [0.25, 0.3) is 0 Å². The molecule has 20 heavy (non-hydrogen) atoms. The highest BCUT2D eigenvalue weighted by atomic mass is 35.5. The van der Waals surface area contributed by atoms with E-state index >= 15 is 0 Å². The van der Waals surface area contributed by atoms with Gasteiger partial charge >= 0.3 is 0 Å². The van der Waals surface area contributed by atoms with Crippen LogP contribution in [0.3, 0.4) is 0 Å². The summed E-state index contributed by atoms with van der Waals surface area (Å²) in [5.41, 5.74) is 5.75. The molecule has 3 unspecified atom stereocenters. The number of nitrogens with zero attached hydrogens (tertiary/aromatic N) is 2. The lowest BCUT2D eigenvalue weighted by Gasteiger charge is -2.29. The maximum Gasteiger partial charge on any atom is 0.223 e. The Balaban J connectivity index is 0.00000180. The number of fused-ring (bicyclic) bond motifs is 2. The second-order valence-corrected chi connectivity index (χ2v) is 5.88. The van der Waals surface area contributed by atoms with Crippen molar-refractivity contribution in [2.75, 3.05) is 19.6 Å². The average Bonchev–Trinajstić information content (AvgIpc) is 2.62. The van der Waals surface area contributed by atoms with Crippen molar-refractivity contribution in [3.63, 3.8) is 0 Å². The van der Waals surface area contributed by atoms with Crippen molar-refractivity contribution in [3.8, 4) is 0 Å². The molecule has 3 atom stereocenters. The molecule has 0 aliphatic carbocycles. The average molecular weight is 326 g/mol. The third kappa shape index (κ3) is 4.76. The van der Waals surface area contributed by atoms with Gasteiger partial charge in [-0.15, -0.1) is 24.8 Å². The molecule has 2 rings (SSSR count). The number of carbonyl (C=O) groups excluding carboxylic acids is 1. The predicted octanol–water partition coefficient (Wildman–Crippen LogP) is 2.04. The number of rotatable bonds is 4. The summed E-state index contributed by atoms with van der Waals surface area (Å²) >= 11 is 0. The molecule has 0 radical (unpaired) electrons. The Kier molecular flexibility index (Phi) is 9.07. The van der Waals surface area contributed by atoms with Crippen LogP contribution in [-0.2, 0) is 4.79 Å². The van der Waals surface area contributed by atoms with Gasteiger partial charge in [0.15, 0.2) is 0 Å². The van der Waals surface area contributed by atoms with Gasteiger partial charge in [-0.2, -0.15) is 0 Å². The summed E-state index contributed by atoms with van der Waals surface area (Å²) in [4.78, 5) is 17.0. The van der Waals surface area contributed by atoms with Crippen molar-refractivity contribution in [1.29, 1.82) is 0 Å². The van der Waals surface area contributed by atoms with E-state index in [4.69, 9.17) is 5.73 Å². The summed E-state index contributed by atoms with van der Waals surface area (Å²) in [6.45, 7) is 7.50. The second kappa shape index (κ2) is 9.08. The molecular formula is C14H29Cl2N3O. The Bertz CT molecular complexity index is 302. The van der Waals surface area contributed by atoms with E-state index in [-0.39, 0.29) is 30.9 Å². The van der Waals surface area contributed by atoms with E-state index in [1.165, 1.54) is 12.8 Å². The number of hydrogen-bond acceptors (Lipinski definition) is 3. The van der Waals surface area contributed by atoms with E-state index in [9.17, 15) is 4.79 Å². The molecule has 2 bridgehead atoms. The molecule has 0 saturated carbocycles. The lowest BCUT2D eigenvalue weighted by atomic mass is 10.1. The molecule has 2 heterocycles. The molecule has 2 aliphatic rings. The Morgan fingerprint density at radius 1 is 1.25 bits per heavy atom. The Labute approximate surface area is 135 Å².